The van der Waals surface area contributed by atoms with Crippen molar-refractivity contribution < 1.29 is 24.6 Å². The first-order valence-electron chi connectivity index (χ1n) is 16.4. The number of amides is 3. The zero-order valence-corrected chi connectivity index (χ0v) is 26.9. The molecule has 1 unspecified atom stereocenters. The van der Waals surface area contributed by atoms with Gasteiger partial charge in [-0.3, -0.25) is 14.4 Å². The van der Waals surface area contributed by atoms with Crippen LogP contribution in [0.15, 0.2) is 72.8 Å². The Morgan fingerprint density at radius 1 is 0.957 bits per heavy atom. The lowest BCUT2D eigenvalue weighted by atomic mass is 9.87. The molecule has 1 aliphatic heterocycles. The predicted octanol–water partition coefficient (Wildman–Crippen LogP) is 5.13. The van der Waals surface area contributed by atoms with Gasteiger partial charge in [0.05, 0.1) is 17.5 Å². The number of aliphatic hydroxyl groups excluding tert-OH is 1. The summed E-state index contributed by atoms with van der Waals surface area (Å²) in [5.41, 5.74) is 2.75. The molecule has 5 atom stereocenters. The molecule has 3 amide bonds. The lowest BCUT2D eigenvalue weighted by Gasteiger charge is -2.37. The van der Waals surface area contributed by atoms with Crippen LogP contribution >= 0.6 is 11.8 Å². The summed E-state index contributed by atoms with van der Waals surface area (Å²) in [6, 6.07) is 21.7. The Kier molecular flexibility index (Phi) is 8.09. The summed E-state index contributed by atoms with van der Waals surface area (Å²) in [5.74, 6) is -1.16. The molecule has 7 rings (SSSR count). The molecule has 1 spiro atoms. The number of nitrogens with one attached hydrogen (secondary N) is 2. The average Bonchev–Trinajstić information content (AvgIpc) is 3.40. The van der Waals surface area contributed by atoms with E-state index in [9.17, 15) is 24.6 Å². The molecular formula is C37H41N3O5S. The van der Waals surface area contributed by atoms with Crippen LogP contribution in [0.2, 0.25) is 0 Å². The summed E-state index contributed by atoms with van der Waals surface area (Å²) in [4.78, 5) is 44.0. The van der Waals surface area contributed by atoms with Gasteiger partial charge < -0.3 is 25.7 Å². The first-order chi connectivity index (χ1) is 22.2. The van der Waals surface area contributed by atoms with Crippen LogP contribution in [0.4, 0.5) is 0 Å². The van der Waals surface area contributed by atoms with Crippen molar-refractivity contribution in [2.24, 2.45) is 0 Å². The normalized spacial score (nSPS) is 26.7. The van der Waals surface area contributed by atoms with Gasteiger partial charge in [0.15, 0.2) is 6.10 Å². The van der Waals surface area contributed by atoms with Gasteiger partial charge in [0.2, 0.25) is 5.91 Å². The van der Waals surface area contributed by atoms with Crippen LogP contribution in [0.5, 0.6) is 5.75 Å². The minimum Gasteiger partial charge on any atom is -0.508 e. The zero-order valence-electron chi connectivity index (χ0n) is 26.1. The molecule has 46 heavy (non-hydrogen) atoms. The van der Waals surface area contributed by atoms with Crippen LogP contribution < -0.4 is 10.6 Å². The number of phenolic OH excluding ortho intramolecular Hbond substituents is 1. The first-order valence-corrected chi connectivity index (χ1v) is 17.4. The Labute approximate surface area is 274 Å². The van der Waals surface area contributed by atoms with Crippen molar-refractivity contribution in [3.63, 3.8) is 0 Å². The van der Waals surface area contributed by atoms with Gasteiger partial charge in [-0.2, -0.15) is 0 Å². The highest BCUT2D eigenvalue weighted by atomic mass is 32.2. The topological polar surface area (TPSA) is 119 Å². The molecule has 3 aromatic rings. The third-order valence-electron chi connectivity index (χ3n) is 10.8. The van der Waals surface area contributed by atoms with E-state index < -0.39 is 34.2 Å². The molecule has 240 valence electrons. The van der Waals surface area contributed by atoms with E-state index in [1.54, 1.807) is 35.7 Å². The molecule has 3 aromatic carbocycles. The molecule has 1 saturated heterocycles. The number of hydrogen-bond donors (Lipinski definition) is 4. The number of aromatic hydroxyl groups is 1. The summed E-state index contributed by atoms with van der Waals surface area (Å²) in [7, 11) is 0. The number of rotatable bonds is 7. The second kappa shape index (κ2) is 12.1. The highest BCUT2D eigenvalue weighted by Crippen LogP contribution is 2.56. The Hall–Kier alpha value is -3.82. The van der Waals surface area contributed by atoms with Crippen molar-refractivity contribution in [1.82, 2.24) is 15.5 Å². The molecule has 0 bridgehead atoms. The number of hydrogen-bond acceptors (Lipinski definition) is 6. The highest BCUT2D eigenvalue weighted by Gasteiger charge is 2.65. The SMILES string of the molecule is Cc1c(O)cccc1C(=O)NC1([C@H](O)C(=O)N2CSC3(CCCC3)[C@H]2C(=O)N[C@H]2CCCc3ccccc32)C[C@H]1c1ccccc1. The molecule has 8 nitrogen and oxygen atoms in total. The van der Waals surface area contributed by atoms with Gasteiger partial charge in [-0.05, 0) is 74.3 Å². The van der Waals surface area contributed by atoms with E-state index in [0.717, 1.165) is 56.1 Å². The quantitative estimate of drug-likeness (QED) is 0.285. The molecule has 0 aromatic heterocycles. The maximum absolute atomic E-state index is 14.5. The predicted molar refractivity (Wildman–Crippen MR) is 177 cm³/mol. The van der Waals surface area contributed by atoms with Crippen LogP contribution in [0.3, 0.4) is 0 Å². The number of carbonyl (C=O) groups is 3. The molecule has 1 heterocycles. The van der Waals surface area contributed by atoms with Gasteiger partial charge in [0.25, 0.3) is 11.8 Å². The van der Waals surface area contributed by atoms with Crippen LogP contribution in [0, 0.1) is 6.92 Å². The third kappa shape index (κ3) is 5.27. The smallest absolute Gasteiger partial charge is 0.255 e. The Balaban J connectivity index is 1.18. The maximum atomic E-state index is 14.5. The van der Waals surface area contributed by atoms with E-state index >= 15 is 0 Å². The van der Waals surface area contributed by atoms with Crippen LogP contribution in [0.25, 0.3) is 0 Å². The van der Waals surface area contributed by atoms with Gasteiger partial charge in [-0.15, -0.1) is 11.8 Å². The van der Waals surface area contributed by atoms with Crippen LogP contribution in [0.1, 0.15) is 89.5 Å². The summed E-state index contributed by atoms with van der Waals surface area (Å²) in [5, 5.41) is 28.6. The standard InChI is InChI=1S/C37H41N3O5S/c1-23-26(16-10-18-30(23)41)33(43)39-37(21-28(37)25-12-3-2-4-13-25)32(42)35(45)40-22-46-36(19-7-8-20-36)31(40)34(44)38-29-17-9-14-24-11-5-6-15-27(24)29/h2-6,10-13,15-16,18,28-29,31-32,41-42H,7-9,14,17,19-22H2,1H3,(H,38,44)(H,39,43)/t28-,29-,31+,32+,37?/m0/s1. The summed E-state index contributed by atoms with van der Waals surface area (Å²) in [6.45, 7) is 1.66. The van der Waals surface area contributed by atoms with Gasteiger partial charge in [0.1, 0.15) is 11.8 Å². The van der Waals surface area contributed by atoms with Gasteiger partial charge in [-0.1, -0.05) is 73.5 Å². The summed E-state index contributed by atoms with van der Waals surface area (Å²) >= 11 is 1.65. The van der Waals surface area contributed by atoms with E-state index in [1.165, 1.54) is 11.6 Å². The first kappa shape index (κ1) is 30.8. The minimum atomic E-state index is -1.57. The van der Waals surface area contributed by atoms with E-state index in [4.69, 9.17) is 0 Å². The lowest BCUT2D eigenvalue weighted by Crippen LogP contribution is -2.60. The number of aryl methyl sites for hydroxylation is 1. The number of aliphatic hydroxyl groups is 1. The fourth-order valence-electron chi connectivity index (χ4n) is 8.17. The highest BCUT2D eigenvalue weighted by molar-refractivity contribution is 8.01. The van der Waals surface area contributed by atoms with Crippen molar-refractivity contribution in [3.8, 4) is 5.75 Å². The Morgan fingerprint density at radius 2 is 1.70 bits per heavy atom. The lowest BCUT2D eigenvalue weighted by molar-refractivity contribution is -0.148. The van der Waals surface area contributed by atoms with E-state index in [0.29, 0.717) is 17.9 Å². The number of fused-ring (bicyclic) bond motifs is 1. The molecular weight excluding hydrogens is 598 g/mol. The number of benzene rings is 3. The van der Waals surface area contributed by atoms with Gasteiger partial charge in [0, 0.05) is 21.8 Å². The third-order valence-corrected chi connectivity index (χ3v) is 12.4. The van der Waals surface area contributed by atoms with Crippen molar-refractivity contribution >= 4 is 29.5 Å². The summed E-state index contributed by atoms with van der Waals surface area (Å²) in [6.07, 6.45) is 5.27. The zero-order chi connectivity index (χ0) is 32.1. The summed E-state index contributed by atoms with van der Waals surface area (Å²) < 4.78 is -0.398. The average molecular weight is 640 g/mol. The van der Waals surface area contributed by atoms with Crippen LogP contribution in [-0.2, 0) is 16.0 Å². The van der Waals surface area contributed by atoms with Crippen molar-refractivity contribution in [2.45, 2.75) is 92.7 Å². The maximum Gasteiger partial charge on any atom is 0.255 e. The molecule has 9 heteroatoms. The van der Waals surface area contributed by atoms with Crippen molar-refractivity contribution in [3.05, 3.63) is 101 Å². The fourth-order valence-corrected chi connectivity index (χ4v) is 9.81. The number of carbonyl (C=O) groups excluding carboxylic acids is 3. The number of nitrogens with zero attached hydrogens (tertiary/aromatic N) is 1. The molecule has 2 saturated carbocycles. The molecule has 3 aliphatic carbocycles. The Bertz CT molecular complexity index is 1660. The molecule has 4 aliphatic rings. The number of phenols is 1. The minimum absolute atomic E-state index is 0.000808. The number of thioether (sulfide) groups is 1. The fraction of sp³-hybridized carbons (Fsp3) is 0.432. The van der Waals surface area contributed by atoms with E-state index in [2.05, 4.69) is 22.8 Å². The monoisotopic (exact) mass is 639 g/mol. The molecule has 4 N–H and O–H groups in total. The molecule has 0 radical (unpaired) electrons. The van der Waals surface area contributed by atoms with E-state index in [1.807, 2.05) is 42.5 Å². The Morgan fingerprint density at radius 3 is 2.48 bits per heavy atom. The van der Waals surface area contributed by atoms with Crippen molar-refractivity contribution in [1.29, 1.82) is 0 Å². The van der Waals surface area contributed by atoms with Crippen LogP contribution in [-0.4, -0.2) is 61.1 Å². The molecule has 3 fully saturated rings. The van der Waals surface area contributed by atoms with E-state index in [-0.39, 0.29) is 29.2 Å². The van der Waals surface area contributed by atoms with Gasteiger partial charge >= 0.3 is 0 Å². The second-order valence-electron chi connectivity index (χ2n) is 13.4. The largest absolute Gasteiger partial charge is 0.508 e. The van der Waals surface area contributed by atoms with Crippen molar-refractivity contribution in [2.75, 3.05) is 5.88 Å². The second-order valence-corrected chi connectivity index (χ2v) is 14.8. The van der Waals surface area contributed by atoms with Gasteiger partial charge in [-0.25, -0.2) is 0 Å².